The molecule has 0 fully saturated rings. The fourth-order valence-electron chi connectivity index (χ4n) is 3.12. The lowest BCUT2D eigenvalue weighted by Crippen LogP contribution is -2.17. The van der Waals surface area contributed by atoms with Crippen molar-refractivity contribution in [2.75, 3.05) is 0 Å². The summed E-state index contributed by atoms with van der Waals surface area (Å²) in [6.45, 7) is 8.20. The van der Waals surface area contributed by atoms with E-state index in [2.05, 4.69) is 36.5 Å². The predicted octanol–water partition coefficient (Wildman–Crippen LogP) is 5.00. The Labute approximate surface area is 159 Å². The summed E-state index contributed by atoms with van der Waals surface area (Å²) in [6.07, 6.45) is 1.46. The summed E-state index contributed by atoms with van der Waals surface area (Å²) in [5.41, 5.74) is 8.97. The molecule has 4 heteroatoms. The first-order valence-electron chi connectivity index (χ1n) is 9.03. The minimum Gasteiger partial charge on any atom is -0.507 e. The number of phenolic OH excluding ortho intramolecular Hbond substituents is 1. The molecule has 0 unspecified atom stereocenters. The molecule has 1 aromatic carbocycles. The van der Waals surface area contributed by atoms with Gasteiger partial charge in [-0.15, -0.1) is 0 Å². The average molecular weight is 360 g/mol. The number of aromatic hydroxyl groups is 1. The number of nitrogens with one attached hydrogen (secondary N) is 1. The second-order valence-corrected chi connectivity index (χ2v) is 7.15. The number of phenols is 1. The smallest absolute Gasteiger partial charge is 0.272 e. The van der Waals surface area contributed by atoms with Gasteiger partial charge in [-0.25, -0.2) is 5.43 Å². The van der Waals surface area contributed by atoms with Crippen LogP contribution in [0.25, 0.3) is 11.1 Å². The fraction of sp³-hybridized carbons (Fsp3) is 0.217. The third-order valence-electron chi connectivity index (χ3n) is 4.69. The minimum atomic E-state index is -0.266. The number of amides is 1. The maximum atomic E-state index is 12.7. The van der Waals surface area contributed by atoms with Crippen LogP contribution in [0.3, 0.4) is 0 Å². The topological polar surface area (TPSA) is 61.7 Å². The Balaban J connectivity index is 1.89. The highest BCUT2D eigenvalue weighted by molar-refractivity contribution is 6.03. The van der Waals surface area contributed by atoms with Gasteiger partial charge in [-0.3, -0.25) is 4.79 Å². The van der Waals surface area contributed by atoms with Crippen LogP contribution >= 0.6 is 0 Å². The average Bonchev–Trinajstić information content (AvgIpc) is 2.80. The largest absolute Gasteiger partial charge is 0.507 e. The van der Waals surface area contributed by atoms with Gasteiger partial charge in [-0.2, -0.15) is 5.10 Å². The van der Waals surface area contributed by atoms with Crippen LogP contribution in [0.2, 0.25) is 0 Å². The second kappa shape index (κ2) is 7.62. The first-order chi connectivity index (χ1) is 12.9. The first kappa shape index (κ1) is 18.6. The number of hydrogen-bond donors (Lipinski definition) is 2. The Kier molecular flexibility index (Phi) is 5.26. The van der Waals surface area contributed by atoms with Crippen molar-refractivity contribution in [3.8, 4) is 16.9 Å². The zero-order valence-corrected chi connectivity index (χ0v) is 16.1. The summed E-state index contributed by atoms with van der Waals surface area (Å²) in [5.74, 6) is 0.230. The molecule has 0 atom stereocenters. The summed E-state index contributed by atoms with van der Waals surface area (Å²) in [7, 11) is 0. The second-order valence-electron chi connectivity index (χ2n) is 7.15. The Bertz CT molecular complexity index is 990. The van der Waals surface area contributed by atoms with Gasteiger partial charge in [0.05, 0.1) is 6.21 Å². The molecule has 4 nitrogen and oxygen atoms in total. The van der Waals surface area contributed by atoms with E-state index in [-0.39, 0.29) is 11.7 Å². The Morgan fingerprint density at radius 3 is 2.59 bits per heavy atom. The third kappa shape index (κ3) is 4.00. The van der Waals surface area contributed by atoms with Crippen molar-refractivity contribution >= 4 is 12.1 Å². The number of nitrogens with zero attached hydrogens (tertiary/aromatic N) is 1. The van der Waals surface area contributed by atoms with E-state index in [4.69, 9.17) is 0 Å². The van der Waals surface area contributed by atoms with Crippen molar-refractivity contribution in [3.05, 3.63) is 76.3 Å². The molecular weight excluding hydrogens is 336 g/mol. The standard InChI is InChI=1S/C23H24N2O2/c1-14(2)17-6-5-7-19-16(4)11-21(20(19)12-17)23(27)25-24-13-18-10-15(3)8-9-22(18)26/h5-14,26H,1-4H3,(H,25,27)/b24-13+. The van der Waals surface area contributed by atoms with Crippen molar-refractivity contribution in [1.82, 2.24) is 5.43 Å². The maximum absolute atomic E-state index is 12.7. The molecule has 0 aromatic heterocycles. The Hall–Kier alpha value is -3.14. The molecular formula is C23H24N2O2. The van der Waals surface area contributed by atoms with Gasteiger partial charge in [-0.1, -0.05) is 49.7 Å². The quantitative estimate of drug-likeness (QED) is 0.508. The van der Waals surface area contributed by atoms with Gasteiger partial charge in [0.15, 0.2) is 0 Å². The molecule has 2 aliphatic carbocycles. The normalized spacial score (nSPS) is 11.4. The van der Waals surface area contributed by atoms with E-state index in [1.165, 1.54) is 11.8 Å². The monoisotopic (exact) mass is 360 g/mol. The van der Waals surface area contributed by atoms with Gasteiger partial charge in [0, 0.05) is 11.1 Å². The molecule has 1 aromatic rings. The van der Waals surface area contributed by atoms with Crippen molar-refractivity contribution < 1.29 is 9.90 Å². The van der Waals surface area contributed by atoms with Gasteiger partial charge < -0.3 is 5.11 Å². The van der Waals surface area contributed by atoms with Gasteiger partial charge in [0.2, 0.25) is 0 Å². The predicted molar refractivity (Wildman–Crippen MR) is 110 cm³/mol. The van der Waals surface area contributed by atoms with Crippen molar-refractivity contribution in [3.63, 3.8) is 0 Å². The van der Waals surface area contributed by atoms with Gasteiger partial charge >= 0.3 is 0 Å². The molecule has 2 N–H and O–H groups in total. The molecule has 0 bridgehead atoms. The zero-order valence-electron chi connectivity index (χ0n) is 16.1. The summed E-state index contributed by atoms with van der Waals surface area (Å²) in [4.78, 5) is 12.7. The van der Waals surface area contributed by atoms with E-state index in [9.17, 15) is 9.90 Å². The molecule has 2 aliphatic rings. The van der Waals surface area contributed by atoms with Crippen LogP contribution in [-0.2, 0) is 0 Å². The van der Waals surface area contributed by atoms with E-state index in [1.807, 2.05) is 44.2 Å². The van der Waals surface area contributed by atoms with Crippen LogP contribution in [0, 0.1) is 13.8 Å². The highest BCUT2D eigenvalue weighted by Crippen LogP contribution is 2.33. The van der Waals surface area contributed by atoms with E-state index in [0.717, 1.165) is 22.3 Å². The van der Waals surface area contributed by atoms with Crippen molar-refractivity contribution in [2.45, 2.75) is 33.6 Å². The van der Waals surface area contributed by atoms with Crippen LogP contribution in [0.1, 0.15) is 52.4 Å². The highest BCUT2D eigenvalue weighted by Gasteiger charge is 2.18. The summed E-state index contributed by atoms with van der Waals surface area (Å²) >= 11 is 0. The maximum Gasteiger partial charge on any atom is 0.272 e. The number of rotatable bonds is 4. The SMILES string of the molecule is Cc1ccc(O)c(/C=N/NC(=O)c2cc(C)c3cccc(C(C)C)cc2-3)c1. The molecule has 27 heavy (non-hydrogen) atoms. The van der Waals surface area contributed by atoms with Crippen LogP contribution in [-0.4, -0.2) is 17.2 Å². The highest BCUT2D eigenvalue weighted by atomic mass is 16.3. The number of hydrazone groups is 1. The third-order valence-corrected chi connectivity index (χ3v) is 4.69. The lowest BCUT2D eigenvalue weighted by Gasteiger charge is -2.05. The molecule has 0 aliphatic heterocycles. The molecule has 3 rings (SSSR count). The number of fused-ring (bicyclic) bond motifs is 1. The van der Waals surface area contributed by atoms with Crippen molar-refractivity contribution in [2.24, 2.45) is 5.10 Å². The van der Waals surface area contributed by atoms with Crippen LogP contribution in [0.5, 0.6) is 5.75 Å². The lowest BCUT2D eigenvalue weighted by molar-refractivity contribution is 0.0956. The summed E-state index contributed by atoms with van der Waals surface area (Å²) in [6, 6.07) is 15.4. The Morgan fingerprint density at radius 1 is 1.07 bits per heavy atom. The van der Waals surface area contributed by atoms with E-state index in [0.29, 0.717) is 17.0 Å². The summed E-state index contributed by atoms with van der Waals surface area (Å²) in [5, 5.41) is 13.9. The van der Waals surface area contributed by atoms with Crippen LogP contribution in [0.4, 0.5) is 0 Å². The molecule has 138 valence electrons. The zero-order chi connectivity index (χ0) is 19.6. The number of carbonyl (C=O) groups excluding carboxylic acids is 1. The number of aryl methyl sites for hydroxylation is 2. The lowest BCUT2D eigenvalue weighted by atomic mass is 10.0. The van der Waals surface area contributed by atoms with Crippen molar-refractivity contribution in [1.29, 1.82) is 0 Å². The first-order valence-corrected chi connectivity index (χ1v) is 9.03. The minimum absolute atomic E-state index is 0.127. The molecule has 0 saturated carbocycles. The summed E-state index contributed by atoms with van der Waals surface area (Å²) < 4.78 is 0. The van der Waals surface area contributed by atoms with E-state index in [1.54, 1.807) is 6.07 Å². The number of hydrogen-bond acceptors (Lipinski definition) is 3. The van der Waals surface area contributed by atoms with Gasteiger partial charge in [0.1, 0.15) is 5.75 Å². The number of benzene rings is 1. The molecule has 0 spiro atoms. The van der Waals surface area contributed by atoms with Gasteiger partial charge in [-0.05, 0) is 60.2 Å². The molecule has 1 amide bonds. The molecule has 0 saturated heterocycles. The van der Waals surface area contributed by atoms with E-state index < -0.39 is 0 Å². The number of carbonyl (C=O) groups is 1. The fourth-order valence-corrected chi connectivity index (χ4v) is 3.12. The van der Waals surface area contributed by atoms with Crippen LogP contribution in [0.15, 0.2) is 53.6 Å². The molecule has 0 heterocycles. The van der Waals surface area contributed by atoms with E-state index >= 15 is 0 Å². The molecule has 0 radical (unpaired) electrons. The Morgan fingerprint density at radius 2 is 1.85 bits per heavy atom. The van der Waals surface area contributed by atoms with Gasteiger partial charge in [0.25, 0.3) is 5.91 Å². The van der Waals surface area contributed by atoms with Crippen LogP contribution < -0.4 is 5.43 Å².